The number of hydrogen-bond donors (Lipinski definition) is 1. The van der Waals surface area contributed by atoms with Crippen LogP contribution in [0, 0.1) is 11.7 Å². The Morgan fingerprint density at radius 2 is 1.94 bits per heavy atom. The van der Waals surface area contributed by atoms with Crippen LogP contribution in [0.3, 0.4) is 0 Å². The van der Waals surface area contributed by atoms with Crippen molar-refractivity contribution in [3.63, 3.8) is 0 Å². The zero-order valence-corrected chi connectivity index (χ0v) is 18.8. The first-order valence-electron chi connectivity index (χ1n) is 11.5. The van der Waals surface area contributed by atoms with Gasteiger partial charge in [0.2, 0.25) is 5.91 Å². The van der Waals surface area contributed by atoms with E-state index >= 15 is 0 Å². The zero-order valence-electron chi connectivity index (χ0n) is 18.8. The molecule has 1 aliphatic rings. The monoisotopic (exact) mass is 448 g/mol. The van der Waals surface area contributed by atoms with Gasteiger partial charge in [-0.25, -0.2) is 14.4 Å². The lowest BCUT2D eigenvalue weighted by Gasteiger charge is -2.33. The van der Waals surface area contributed by atoms with Crippen LogP contribution in [-0.4, -0.2) is 35.6 Å². The molecule has 2 aromatic carbocycles. The summed E-state index contributed by atoms with van der Waals surface area (Å²) in [5, 5.41) is 3.07. The molecular formula is C26H29FN4O2. The van der Waals surface area contributed by atoms with Crippen molar-refractivity contribution in [1.29, 1.82) is 0 Å². The summed E-state index contributed by atoms with van der Waals surface area (Å²) in [6.45, 7) is 4.71. The third-order valence-electron chi connectivity index (χ3n) is 5.72. The molecule has 1 N–H and O–H groups in total. The maximum atomic E-state index is 13.2. The first-order valence-corrected chi connectivity index (χ1v) is 11.5. The van der Waals surface area contributed by atoms with E-state index in [-0.39, 0.29) is 17.6 Å². The molecule has 2 heterocycles. The molecule has 1 aliphatic heterocycles. The summed E-state index contributed by atoms with van der Waals surface area (Å²) >= 11 is 0. The van der Waals surface area contributed by atoms with Gasteiger partial charge in [-0.3, -0.25) is 4.79 Å². The topological polar surface area (TPSA) is 67.3 Å². The van der Waals surface area contributed by atoms with Gasteiger partial charge in [-0.1, -0.05) is 19.1 Å². The van der Waals surface area contributed by atoms with Crippen molar-refractivity contribution in [1.82, 2.24) is 15.3 Å². The van der Waals surface area contributed by atoms with Crippen molar-refractivity contribution >= 4 is 11.7 Å². The number of aromatic nitrogens is 2. The van der Waals surface area contributed by atoms with Crippen molar-refractivity contribution in [3.8, 4) is 17.1 Å². The van der Waals surface area contributed by atoms with Crippen molar-refractivity contribution in [2.24, 2.45) is 5.92 Å². The van der Waals surface area contributed by atoms with Crippen molar-refractivity contribution in [3.05, 3.63) is 72.2 Å². The van der Waals surface area contributed by atoms with Crippen molar-refractivity contribution < 1.29 is 13.9 Å². The van der Waals surface area contributed by atoms with Crippen LogP contribution in [0.15, 0.2) is 60.8 Å². The number of nitrogens with zero attached hydrogens (tertiary/aromatic N) is 3. The number of anilines is 1. The minimum atomic E-state index is -0.291. The Labute approximate surface area is 193 Å². The summed E-state index contributed by atoms with van der Waals surface area (Å²) in [6.07, 6.45) is 4.44. The number of amides is 1. The smallest absolute Gasteiger partial charge is 0.225 e. The Morgan fingerprint density at radius 3 is 2.70 bits per heavy atom. The lowest BCUT2D eigenvalue weighted by molar-refractivity contribution is -0.125. The zero-order chi connectivity index (χ0) is 23.0. The Bertz CT molecular complexity index is 1060. The third-order valence-corrected chi connectivity index (χ3v) is 5.72. The highest BCUT2D eigenvalue weighted by Crippen LogP contribution is 2.24. The number of nitrogens with one attached hydrogen (secondary N) is 1. The molecule has 7 heteroatoms. The first kappa shape index (κ1) is 22.7. The normalized spacial score (nSPS) is 15.8. The van der Waals surface area contributed by atoms with Crippen LogP contribution < -0.4 is 15.0 Å². The van der Waals surface area contributed by atoms with Gasteiger partial charge in [0.05, 0.1) is 12.5 Å². The second-order valence-corrected chi connectivity index (χ2v) is 8.24. The van der Waals surface area contributed by atoms with Crippen LogP contribution in [0.2, 0.25) is 0 Å². The standard InChI is InChI=1S/C26H29FN4O2/c1-2-16-33-23-11-5-19(6-12-23)17-29-26(32)21-4-3-15-31(18-21)24-13-14-28-25(30-24)20-7-9-22(27)10-8-20/h5-14,21H,2-4,15-18H2,1H3,(H,29,32)/t21-/m1/s1. The maximum Gasteiger partial charge on any atom is 0.225 e. The molecule has 0 radical (unpaired) electrons. The third kappa shape index (κ3) is 6.06. The van der Waals surface area contributed by atoms with E-state index in [1.807, 2.05) is 30.3 Å². The molecule has 1 amide bonds. The maximum absolute atomic E-state index is 13.2. The Kier molecular flexibility index (Phi) is 7.50. The molecule has 0 bridgehead atoms. The molecule has 1 saturated heterocycles. The van der Waals surface area contributed by atoms with Gasteiger partial charge in [-0.15, -0.1) is 0 Å². The van der Waals surface area contributed by atoms with E-state index in [4.69, 9.17) is 4.74 Å². The van der Waals surface area contributed by atoms with Crippen LogP contribution in [0.5, 0.6) is 5.75 Å². The van der Waals surface area contributed by atoms with Gasteiger partial charge in [-0.05, 0) is 67.3 Å². The summed E-state index contributed by atoms with van der Waals surface area (Å²) in [4.78, 5) is 24.0. The second kappa shape index (κ2) is 10.9. The lowest BCUT2D eigenvalue weighted by atomic mass is 9.97. The number of hydrogen-bond acceptors (Lipinski definition) is 5. The summed E-state index contributed by atoms with van der Waals surface area (Å²) in [6, 6.07) is 15.8. The first-order chi connectivity index (χ1) is 16.1. The van der Waals surface area contributed by atoms with E-state index in [2.05, 4.69) is 27.1 Å². The fraction of sp³-hybridized carbons (Fsp3) is 0.346. The van der Waals surface area contributed by atoms with Crippen LogP contribution in [0.1, 0.15) is 31.7 Å². The van der Waals surface area contributed by atoms with Gasteiger partial charge < -0.3 is 15.0 Å². The molecule has 0 spiro atoms. The van der Waals surface area contributed by atoms with E-state index in [9.17, 15) is 9.18 Å². The summed E-state index contributed by atoms with van der Waals surface area (Å²) in [5.74, 6) is 1.84. The average Bonchev–Trinajstić information content (AvgIpc) is 2.87. The summed E-state index contributed by atoms with van der Waals surface area (Å²) in [7, 11) is 0. The van der Waals surface area contributed by atoms with E-state index in [0.717, 1.165) is 48.5 Å². The number of ether oxygens (including phenoxy) is 1. The fourth-order valence-corrected chi connectivity index (χ4v) is 3.92. The van der Waals surface area contributed by atoms with Crippen molar-refractivity contribution in [2.75, 3.05) is 24.6 Å². The molecule has 1 aromatic heterocycles. The van der Waals surface area contributed by atoms with Gasteiger partial charge in [0.25, 0.3) is 0 Å². The minimum absolute atomic E-state index is 0.0545. The molecule has 172 valence electrons. The predicted molar refractivity (Wildman–Crippen MR) is 126 cm³/mol. The van der Waals surface area contributed by atoms with Crippen molar-refractivity contribution in [2.45, 2.75) is 32.7 Å². The number of rotatable bonds is 8. The van der Waals surface area contributed by atoms with Gasteiger partial charge >= 0.3 is 0 Å². The number of benzene rings is 2. The molecular weight excluding hydrogens is 419 g/mol. The van der Waals surface area contributed by atoms with E-state index in [0.29, 0.717) is 25.5 Å². The Hall–Kier alpha value is -3.48. The SMILES string of the molecule is CCCOc1ccc(CNC(=O)[C@@H]2CCCN(c3ccnc(-c4ccc(F)cc4)n3)C2)cc1. The van der Waals surface area contributed by atoms with E-state index in [1.54, 1.807) is 18.3 Å². The number of carbonyl (C=O) groups is 1. The molecule has 33 heavy (non-hydrogen) atoms. The summed E-state index contributed by atoms with van der Waals surface area (Å²) in [5.41, 5.74) is 1.80. The molecule has 1 atom stereocenters. The predicted octanol–water partition coefficient (Wildman–Crippen LogP) is 4.60. The molecule has 3 aromatic rings. The van der Waals surface area contributed by atoms with E-state index in [1.165, 1.54) is 12.1 Å². The van der Waals surface area contributed by atoms with Crippen LogP contribution in [0.25, 0.3) is 11.4 Å². The van der Waals surface area contributed by atoms with Gasteiger partial charge in [0, 0.05) is 31.4 Å². The molecule has 4 rings (SSSR count). The number of halogens is 1. The quantitative estimate of drug-likeness (QED) is 0.545. The average molecular weight is 449 g/mol. The Balaban J connectivity index is 1.35. The number of carbonyl (C=O) groups excluding carboxylic acids is 1. The molecule has 0 unspecified atom stereocenters. The van der Waals surface area contributed by atoms with Crippen LogP contribution in [0.4, 0.5) is 10.2 Å². The minimum Gasteiger partial charge on any atom is -0.494 e. The van der Waals surface area contributed by atoms with Crippen LogP contribution in [-0.2, 0) is 11.3 Å². The molecule has 6 nitrogen and oxygen atoms in total. The fourth-order valence-electron chi connectivity index (χ4n) is 3.92. The molecule has 1 fully saturated rings. The van der Waals surface area contributed by atoms with Crippen LogP contribution >= 0.6 is 0 Å². The summed E-state index contributed by atoms with van der Waals surface area (Å²) < 4.78 is 18.8. The number of piperidine rings is 1. The molecule has 0 saturated carbocycles. The van der Waals surface area contributed by atoms with Gasteiger partial charge in [0.15, 0.2) is 5.82 Å². The second-order valence-electron chi connectivity index (χ2n) is 8.24. The van der Waals surface area contributed by atoms with Gasteiger partial charge in [-0.2, -0.15) is 0 Å². The molecule has 0 aliphatic carbocycles. The lowest BCUT2D eigenvalue weighted by Crippen LogP contribution is -2.43. The largest absolute Gasteiger partial charge is 0.494 e. The highest BCUT2D eigenvalue weighted by molar-refractivity contribution is 5.79. The highest BCUT2D eigenvalue weighted by atomic mass is 19.1. The van der Waals surface area contributed by atoms with E-state index < -0.39 is 0 Å². The highest BCUT2D eigenvalue weighted by Gasteiger charge is 2.26. The van der Waals surface area contributed by atoms with Gasteiger partial charge in [0.1, 0.15) is 17.4 Å². The Morgan fingerprint density at radius 1 is 1.15 bits per heavy atom.